The van der Waals surface area contributed by atoms with Crippen LogP contribution < -0.4 is 10.6 Å². The summed E-state index contributed by atoms with van der Waals surface area (Å²) in [7, 11) is 1.31. The number of carbonyl (C=O) groups excluding carboxylic acids is 3. The third kappa shape index (κ3) is 5.19. The van der Waals surface area contributed by atoms with Crippen LogP contribution >= 0.6 is 0 Å². The number of amides is 2. The Morgan fingerprint density at radius 3 is 2.20 bits per heavy atom. The molecule has 0 aromatic heterocycles. The second kappa shape index (κ2) is 7.26. The van der Waals surface area contributed by atoms with E-state index in [0.29, 0.717) is 12.3 Å². The summed E-state index contributed by atoms with van der Waals surface area (Å²) in [6.07, 6.45) is 2.77. The predicted octanol–water partition coefficient (Wildman–Crippen LogP) is 0.605. The molecule has 2 N–H and O–H groups in total. The molecule has 1 aliphatic rings. The molecule has 1 fully saturated rings. The van der Waals surface area contributed by atoms with Crippen molar-refractivity contribution in [2.24, 2.45) is 11.8 Å². The smallest absolute Gasteiger partial charge is 0.328 e. The number of hydrogen-bond acceptors (Lipinski definition) is 4. The molecular formula is C14H24N2O4. The molecular weight excluding hydrogens is 260 g/mol. The van der Waals surface area contributed by atoms with Gasteiger partial charge in [0, 0.05) is 6.92 Å². The summed E-state index contributed by atoms with van der Waals surface area (Å²) < 4.78 is 4.72. The van der Waals surface area contributed by atoms with Gasteiger partial charge in [-0.2, -0.15) is 0 Å². The van der Waals surface area contributed by atoms with E-state index in [0.717, 1.165) is 12.8 Å². The summed E-state index contributed by atoms with van der Waals surface area (Å²) in [6, 6.07) is -1.27. The van der Waals surface area contributed by atoms with Crippen LogP contribution in [-0.4, -0.2) is 37.0 Å². The largest absolute Gasteiger partial charge is 0.467 e. The molecule has 0 unspecified atom stereocenters. The van der Waals surface area contributed by atoms with Crippen molar-refractivity contribution >= 4 is 17.8 Å². The first-order valence-corrected chi connectivity index (χ1v) is 7.00. The van der Waals surface area contributed by atoms with Gasteiger partial charge < -0.3 is 15.4 Å². The fourth-order valence-corrected chi connectivity index (χ4v) is 2.06. The van der Waals surface area contributed by atoms with Crippen molar-refractivity contribution < 1.29 is 19.1 Å². The van der Waals surface area contributed by atoms with Gasteiger partial charge in [0.2, 0.25) is 11.8 Å². The van der Waals surface area contributed by atoms with E-state index >= 15 is 0 Å². The van der Waals surface area contributed by atoms with Crippen molar-refractivity contribution in [1.29, 1.82) is 0 Å². The Kier molecular flexibility index (Phi) is 5.98. The van der Waals surface area contributed by atoms with Gasteiger partial charge in [-0.05, 0) is 18.3 Å². The lowest BCUT2D eigenvalue weighted by Gasteiger charge is -2.24. The SMILES string of the molecule is COC(=O)[C@H](CC1CC1)NC(=O)[C@H](NC(C)=O)C(C)C. The molecule has 0 aromatic rings. The normalized spacial score (nSPS) is 17.2. The van der Waals surface area contributed by atoms with Crippen molar-refractivity contribution in [3.63, 3.8) is 0 Å². The predicted molar refractivity (Wildman–Crippen MR) is 73.7 cm³/mol. The van der Waals surface area contributed by atoms with Crippen LogP contribution in [0.4, 0.5) is 0 Å². The molecule has 2 amide bonds. The van der Waals surface area contributed by atoms with Crippen molar-refractivity contribution in [2.75, 3.05) is 7.11 Å². The minimum Gasteiger partial charge on any atom is -0.467 e. The highest BCUT2D eigenvalue weighted by atomic mass is 16.5. The maximum Gasteiger partial charge on any atom is 0.328 e. The molecule has 1 rings (SSSR count). The van der Waals surface area contributed by atoms with E-state index in [1.807, 2.05) is 13.8 Å². The van der Waals surface area contributed by atoms with Gasteiger partial charge in [0.25, 0.3) is 0 Å². The molecule has 6 nitrogen and oxygen atoms in total. The van der Waals surface area contributed by atoms with Gasteiger partial charge in [0.1, 0.15) is 12.1 Å². The number of carbonyl (C=O) groups is 3. The maximum atomic E-state index is 12.2. The van der Waals surface area contributed by atoms with Crippen molar-refractivity contribution in [3.05, 3.63) is 0 Å². The van der Waals surface area contributed by atoms with Crippen LogP contribution in [-0.2, 0) is 19.1 Å². The molecule has 1 saturated carbocycles. The highest BCUT2D eigenvalue weighted by molar-refractivity contribution is 5.90. The van der Waals surface area contributed by atoms with Crippen molar-refractivity contribution in [1.82, 2.24) is 10.6 Å². The molecule has 0 bridgehead atoms. The molecule has 114 valence electrons. The Morgan fingerprint density at radius 1 is 1.20 bits per heavy atom. The third-order valence-electron chi connectivity index (χ3n) is 3.38. The molecule has 0 saturated heterocycles. The van der Waals surface area contributed by atoms with E-state index in [2.05, 4.69) is 10.6 Å². The lowest BCUT2D eigenvalue weighted by molar-refractivity contribution is -0.145. The van der Waals surface area contributed by atoms with Gasteiger partial charge in [0.15, 0.2) is 0 Å². The van der Waals surface area contributed by atoms with E-state index in [-0.39, 0.29) is 17.7 Å². The number of rotatable bonds is 7. The summed E-state index contributed by atoms with van der Waals surface area (Å²) in [4.78, 5) is 35.1. The number of nitrogens with one attached hydrogen (secondary N) is 2. The van der Waals surface area contributed by atoms with Crippen molar-refractivity contribution in [3.8, 4) is 0 Å². The van der Waals surface area contributed by atoms with E-state index in [1.54, 1.807) is 0 Å². The van der Waals surface area contributed by atoms with Crippen LogP contribution in [0.3, 0.4) is 0 Å². The molecule has 0 aliphatic heterocycles. The summed E-state index contributed by atoms with van der Waals surface area (Å²) in [6.45, 7) is 5.05. The van der Waals surface area contributed by atoms with Gasteiger partial charge in [-0.1, -0.05) is 26.7 Å². The summed E-state index contributed by atoms with van der Waals surface area (Å²) in [5.41, 5.74) is 0. The van der Waals surface area contributed by atoms with Gasteiger partial charge in [0.05, 0.1) is 7.11 Å². The number of esters is 1. The van der Waals surface area contributed by atoms with Crippen LogP contribution in [0.25, 0.3) is 0 Å². The minimum atomic E-state index is -0.640. The van der Waals surface area contributed by atoms with Crippen LogP contribution in [0.15, 0.2) is 0 Å². The van der Waals surface area contributed by atoms with Crippen molar-refractivity contribution in [2.45, 2.75) is 52.1 Å². The first-order valence-electron chi connectivity index (χ1n) is 7.00. The van der Waals surface area contributed by atoms with Gasteiger partial charge >= 0.3 is 5.97 Å². The molecule has 1 aliphatic carbocycles. The summed E-state index contributed by atoms with van der Waals surface area (Å²) >= 11 is 0. The Bertz CT molecular complexity index is 377. The molecule has 2 atom stereocenters. The number of methoxy groups -OCH3 is 1. The maximum absolute atomic E-state index is 12.2. The lowest BCUT2D eigenvalue weighted by Crippen LogP contribution is -2.53. The average Bonchev–Trinajstić information content (AvgIpc) is 3.17. The van der Waals surface area contributed by atoms with E-state index in [1.165, 1.54) is 14.0 Å². The highest BCUT2D eigenvalue weighted by Crippen LogP contribution is 2.33. The second-order valence-electron chi connectivity index (χ2n) is 5.69. The van der Waals surface area contributed by atoms with E-state index in [9.17, 15) is 14.4 Å². The van der Waals surface area contributed by atoms with Crippen LogP contribution in [0.1, 0.15) is 40.0 Å². The number of ether oxygens (including phenoxy) is 1. The Labute approximate surface area is 119 Å². The van der Waals surface area contributed by atoms with Gasteiger partial charge in [-0.25, -0.2) is 4.79 Å². The first kappa shape index (κ1) is 16.5. The fraction of sp³-hybridized carbons (Fsp3) is 0.786. The average molecular weight is 284 g/mol. The fourth-order valence-electron chi connectivity index (χ4n) is 2.06. The molecule has 0 aromatic carbocycles. The topological polar surface area (TPSA) is 84.5 Å². The standard InChI is InChI=1S/C14H24N2O4/c1-8(2)12(15-9(3)17)13(18)16-11(14(19)20-4)7-10-5-6-10/h8,10-12H,5-7H2,1-4H3,(H,15,17)(H,16,18)/t11-,12+/m0/s1. The molecule has 0 heterocycles. The Morgan fingerprint density at radius 2 is 1.80 bits per heavy atom. The molecule has 0 radical (unpaired) electrons. The van der Waals surface area contributed by atoms with Crippen LogP contribution in [0.2, 0.25) is 0 Å². The van der Waals surface area contributed by atoms with Crippen LogP contribution in [0, 0.1) is 11.8 Å². The molecule has 6 heteroatoms. The Balaban J connectivity index is 2.65. The minimum absolute atomic E-state index is 0.0573. The zero-order valence-electron chi connectivity index (χ0n) is 12.6. The number of hydrogen-bond donors (Lipinski definition) is 2. The Hall–Kier alpha value is -1.59. The zero-order chi connectivity index (χ0) is 15.3. The first-order chi connectivity index (χ1) is 9.35. The zero-order valence-corrected chi connectivity index (χ0v) is 12.6. The molecule has 0 spiro atoms. The lowest BCUT2D eigenvalue weighted by atomic mass is 10.0. The second-order valence-corrected chi connectivity index (χ2v) is 5.69. The third-order valence-corrected chi connectivity index (χ3v) is 3.38. The van der Waals surface area contributed by atoms with Gasteiger partial charge in [-0.15, -0.1) is 0 Å². The summed E-state index contributed by atoms with van der Waals surface area (Å²) in [5, 5.41) is 5.30. The highest BCUT2D eigenvalue weighted by Gasteiger charge is 2.33. The quantitative estimate of drug-likeness (QED) is 0.671. The van der Waals surface area contributed by atoms with E-state index in [4.69, 9.17) is 4.74 Å². The van der Waals surface area contributed by atoms with Gasteiger partial charge in [-0.3, -0.25) is 9.59 Å². The van der Waals surface area contributed by atoms with Crippen LogP contribution in [0.5, 0.6) is 0 Å². The van der Waals surface area contributed by atoms with E-state index < -0.39 is 18.1 Å². The monoisotopic (exact) mass is 284 g/mol. The molecule has 20 heavy (non-hydrogen) atoms. The summed E-state index contributed by atoms with van der Waals surface area (Å²) in [5.74, 6) is -0.617.